The number of ether oxygens (including phenoxy) is 2. The lowest BCUT2D eigenvalue weighted by atomic mass is 9.62. The van der Waals surface area contributed by atoms with Gasteiger partial charge in [-0.05, 0) is 80.0 Å². The summed E-state index contributed by atoms with van der Waals surface area (Å²) in [4.78, 5) is 33.9. The fourth-order valence-electron chi connectivity index (χ4n) is 7.00. The van der Waals surface area contributed by atoms with Gasteiger partial charge in [-0.3, -0.25) is 14.6 Å². The van der Waals surface area contributed by atoms with Crippen LogP contribution >= 0.6 is 0 Å². The predicted octanol–water partition coefficient (Wildman–Crippen LogP) is 5.41. The molecule has 7 nitrogen and oxygen atoms in total. The highest BCUT2D eigenvalue weighted by Gasteiger charge is 2.53. The average Bonchev–Trinajstić information content (AvgIpc) is 2.98. The van der Waals surface area contributed by atoms with Crippen LogP contribution in [0.25, 0.3) is 10.9 Å². The van der Waals surface area contributed by atoms with E-state index >= 15 is 0 Å². The molecule has 2 atom stereocenters. The number of carbonyl (C=O) groups excluding carboxylic acids is 2. The summed E-state index contributed by atoms with van der Waals surface area (Å²) in [5, 5.41) is 4.85. The number of rotatable bonds is 5. The smallest absolute Gasteiger partial charge is 0.314 e. The second-order valence-corrected chi connectivity index (χ2v) is 11.4. The van der Waals surface area contributed by atoms with E-state index < -0.39 is 5.41 Å². The number of para-hydroxylation sites is 1. The summed E-state index contributed by atoms with van der Waals surface area (Å²) in [6.45, 7) is 0.946. The van der Waals surface area contributed by atoms with Crippen LogP contribution in [0.2, 0.25) is 0 Å². The molecule has 39 heavy (non-hydrogen) atoms. The summed E-state index contributed by atoms with van der Waals surface area (Å²) in [6, 6.07) is 16.2. The summed E-state index contributed by atoms with van der Waals surface area (Å²) in [7, 11) is 3.06. The van der Waals surface area contributed by atoms with E-state index in [1.54, 1.807) is 31.4 Å². The van der Waals surface area contributed by atoms with E-state index in [-0.39, 0.29) is 17.8 Å². The maximum absolute atomic E-state index is 13.5. The first-order valence-electron chi connectivity index (χ1n) is 14.2. The van der Waals surface area contributed by atoms with Crippen molar-refractivity contribution in [1.29, 1.82) is 0 Å². The molecule has 1 aliphatic heterocycles. The van der Waals surface area contributed by atoms with Crippen molar-refractivity contribution in [3.05, 3.63) is 65.4 Å². The van der Waals surface area contributed by atoms with Gasteiger partial charge in [-0.2, -0.15) is 0 Å². The van der Waals surface area contributed by atoms with Crippen molar-refractivity contribution < 1.29 is 19.1 Å². The molecule has 2 aromatic carbocycles. The molecule has 0 spiro atoms. The number of hydrogen-bond acceptors (Lipinski definition) is 6. The lowest BCUT2D eigenvalue weighted by Crippen LogP contribution is -2.58. The van der Waals surface area contributed by atoms with Crippen LogP contribution in [0.15, 0.2) is 48.5 Å². The number of nitrogens with one attached hydrogen (secondary N) is 1. The van der Waals surface area contributed by atoms with Gasteiger partial charge in [0, 0.05) is 35.8 Å². The van der Waals surface area contributed by atoms with Crippen molar-refractivity contribution in [1.82, 2.24) is 9.88 Å². The molecule has 0 unspecified atom stereocenters. The van der Waals surface area contributed by atoms with Crippen molar-refractivity contribution in [3.63, 3.8) is 0 Å². The van der Waals surface area contributed by atoms with E-state index in [2.05, 4.69) is 29.6 Å². The van der Waals surface area contributed by atoms with Crippen LogP contribution in [0.5, 0.6) is 5.75 Å². The standard InChI is InChI=1S/C32H37N3O4/c1-38-26-13-11-21(12-14-26)30(36)35-16-15-24-18-28-23(19-32(24,20-35)31(37)39-2)17-22-7-6-10-27(29(22)34-28)33-25-8-4-3-5-9-25/h6-7,10-14,17,24-25,33H,3-5,8-9,15-16,18-20H2,1-2H3/t24-,32-/m0/s1. The number of fused-ring (bicyclic) bond motifs is 3. The van der Waals surface area contributed by atoms with E-state index in [0.29, 0.717) is 43.3 Å². The first kappa shape index (κ1) is 25.7. The molecule has 0 radical (unpaired) electrons. The van der Waals surface area contributed by atoms with Gasteiger partial charge in [-0.25, -0.2) is 0 Å². The van der Waals surface area contributed by atoms with Crippen LogP contribution < -0.4 is 10.1 Å². The molecule has 0 bridgehead atoms. The Kier molecular flexibility index (Phi) is 6.92. The Balaban J connectivity index is 1.31. The van der Waals surface area contributed by atoms with E-state index in [0.717, 1.165) is 34.3 Å². The Morgan fingerprint density at radius 2 is 1.82 bits per heavy atom. The van der Waals surface area contributed by atoms with Gasteiger partial charge in [-0.15, -0.1) is 0 Å². The van der Waals surface area contributed by atoms with Gasteiger partial charge in [0.05, 0.1) is 30.8 Å². The molecule has 1 saturated carbocycles. The Labute approximate surface area is 229 Å². The first-order valence-corrected chi connectivity index (χ1v) is 14.2. The van der Waals surface area contributed by atoms with E-state index in [9.17, 15) is 9.59 Å². The van der Waals surface area contributed by atoms with Gasteiger partial charge in [-0.1, -0.05) is 31.4 Å². The van der Waals surface area contributed by atoms with Gasteiger partial charge in [0.2, 0.25) is 0 Å². The predicted molar refractivity (Wildman–Crippen MR) is 151 cm³/mol. The maximum atomic E-state index is 13.5. The largest absolute Gasteiger partial charge is 0.497 e. The molecule has 204 valence electrons. The number of piperidine rings is 1. The molecule has 1 amide bonds. The second-order valence-electron chi connectivity index (χ2n) is 11.4. The third-order valence-corrected chi connectivity index (χ3v) is 9.14. The van der Waals surface area contributed by atoms with Crippen molar-refractivity contribution in [2.24, 2.45) is 11.3 Å². The summed E-state index contributed by atoms with van der Waals surface area (Å²) in [6.07, 6.45) is 8.26. The van der Waals surface area contributed by atoms with Crippen LogP contribution in [-0.2, 0) is 22.4 Å². The summed E-state index contributed by atoms with van der Waals surface area (Å²) >= 11 is 0. The van der Waals surface area contributed by atoms with Crippen molar-refractivity contribution in [3.8, 4) is 5.75 Å². The Hall–Kier alpha value is -3.61. The quantitative estimate of drug-likeness (QED) is 0.447. The zero-order chi connectivity index (χ0) is 27.0. The van der Waals surface area contributed by atoms with Gasteiger partial charge in [0.1, 0.15) is 5.75 Å². The van der Waals surface area contributed by atoms with Crippen LogP contribution in [0, 0.1) is 11.3 Å². The minimum atomic E-state index is -0.782. The molecule has 3 aliphatic rings. The summed E-state index contributed by atoms with van der Waals surface area (Å²) < 4.78 is 10.6. The molecule has 3 aromatic rings. The highest BCUT2D eigenvalue weighted by molar-refractivity contribution is 5.95. The number of hydrogen-bond donors (Lipinski definition) is 1. The second kappa shape index (κ2) is 10.5. The van der Waals surface area contributed by atoms with Crippen LogP contribution in [-0.4, -0.2) is 55.1 Å². The molecule has 1 aromatic heterocycles. The Morgan fingerprint density at radius 1 is 1.03 bits per heavy atom. The topological polar surface area (TPSA) is 80.8 Å². The zero-order valence-corrected chi connectivity index (χ0v) is 22.9. The highest BCUT2D eigenvalue weighted by atomic mass is 16.5. The van der Waals surface area contributed by atoms with Crippen molar-refractivity contribution in [2.75, 3.05) is 32.6 Å². The highest BCUT2D eigenvalue weighted by Crippen LogP contribution is 2.47. The number of benzene rings is 2. The van der Waals surface area contributed by atoms with Crippen molar-refractivity contribution in [2.45, 2.75) is 57.4 Å². The van der Waals surface area contributed by atoms with Gasteiger partial charge in [0.15, 0.2) is 0 Å². The number of methoxy groups -OCH3 is 2. The lowest BCUT2D eigenvalue weighted by molar-refractivity contribution is -0.161. The molecule has 6 rings (SSSR count). The number of esters is 1. The van der Waals surface area contributed by atoms with Crippen molar-refractivity contribution >= 4 is 28.5 Å². The third kappa shape index (κ3) is 4.72. The molecule has 2 aliphatic carbocycles. The summed E-state index contributed by atoms with van der Waals surface area (Å²) in [5.41, 5.74) is 4.08. The van der Waals surface area contributed by atoms with Crippen LogP contribution in [0.4, 0.5) is 5.69 Å². The maximum Gasteiger partial charge on any atom is 0.314 e. The Bertz CT molecular complexity index is 1380. The molecule has 2 heterocycles. The van der Waals surface area contributed by atoms with Gasteiger partial charge >= 0.3 is 5.97 Å². The fraction of sp³-hybridized carbons (Fsp3) is 0.469. The molecular formula is C32H37N3O4. The minimum absolute atomic E-state index is 0.0692. The molecule has 2 fully saturated rings. The average molecular weight is 528 g/mol. The fourth-order valence-corrected chi connectivity index (χ4v) is 7.00. The SMILES string of the molecule is COC(=O)[C@]12Cc3cc4cccc(NC5CCCCC5)c4nc3C[C@@H]1CCN(C(=O)c1ccc(OC)cc1)C2. The number of aromatic nitrogens is 1. The lowest BCUT2D eigenvalue weighted by Gasteiger charge is -2.49. The van der Waals surface area contributed by atoms with Gasteiger partial charge in [0.25, 0.3) is 5.91 Å². The van der Waals surface area contributed by atoms with Crippen LogP contribution in [0.3, 0.4) is 0 Å². The number of anilines is 1. The van der Waals surface area contributed by atoms with E-state index in [1.807, 2.05) is 4.90 Å². The molecule has 1 saturated heterocycles. The van der Waals surface area contributed by atoms with Gasteiger partial charge < -0.3 is 19.7 Å². The minimum Gasteiger partial charge on any atom is -0.497 e. The monoisotopic (exact) mass is 527 g/mol. The number of carbonyl (C=O) groups is 2. The zero-order valence-electron chi connectivity index (χ0n) is 22.9. The third-order valence-electron chi connectivity index (χ3n) is 9.14. The molecular weight excluding hydrogens is 490 g/mol. The Morgan fingerprint density at radius 3 is 2.56 bits per heavy atom. The number of likely N-dealkylation sites (tertiary alicyclic amines) is 1. The normalized spacial score (nSPS) is 23.0. The van der Waals surface area contributed by atoms with E-state index in [1.165, 1.54) is 39.2 Å². The molecule has 1 N–H and O–H groups in total. The number of amides is 1. The summed E-state index contributed by atoms with van der Waals surface area (Å²) in [5.74, 6) is 0.469. The van der Waals surface area contributed by atoms with Crippen LogP contribution in [0.1, 0.15) is 60.1 Å². The molecule has 7 heteroatoms. The van der Waals surface area contributed by atoms with E-state index in [4.69, 9.17) is 14.5 Å². The number of pyridine rings is 1. The first-order chi connectivity index (χ1) is 19.0. The number of nitrogens with zero attached hydrogens (tertiary/aromatic N) is 2.